The number of carboxylic acids is 1. The quantitative estimate of drug-likeness (QED) is 0.817. The van der Waals surface area contributed by atoms with Gasteiger partial charge in [-0.1, -0.05) is 18.2 Å². The number of carboxylic acid groups (broad SMARTS) is 1. The van der Waals surface area contributed by atoms with Gasteiger partial charge in [-0.25, -0.2) is 4.79 Å². The number of piperidine rings is 1. The van der Waals surface area contributed by atoms with Crippen LogP contribution in [-0.4, -0.2) is 35.1 Å². The molecule has 1 aliphatic heterocycles. The highest BCUT2D eigenvalue weighted by Crippen LogP contribution is 2.33. The van der Waals surface area contributed by atoms with Crippen molar-refractivity contribution in [3.8, 4) is 0 Å². The Morgan fingerprint density at radius 1 is 1.30 bits per heavy atom. The Morgan fingerprint density at radius 2 is 2.09 bits per heavy atom. The number of carbonyl (C=O) groups excluding carboxylic acids is 1. The van der Waals surface area contributed by atoms with Crippen LogP contribution in [0.15, 0.2) is 18.2 Å². The zero-order valence-electron chi connectivity index (χ0n) is 14.0. The fraction of sp³-hybridized carbons (Fsp3) is 0.556. The lowest BCUT2D eigenvalue weighted by Crippen LogP contribution is -2.45. The van der Waals surface area contributed by atoms with Crippen LogP contribution in [0, 0.1) is 13.8 Å². The van der Waals surface area contributed by atoms with Crippen LogP contribution in [0.4, 0.5) is 4.79 Å². The number of benzene rings is 1. The molecule has 5 heteroatoms. The van der Waals surface area contributed by atoms with Gasteiger partial charge in [0.2, 0.25) is 0 Å². The molecule has 1 aromatic rings. The summed E-state index contributed by atoms with van der Waals surface area (Å²) in [6, 6.07) is 6.29. The maximum absolute atomic E-state index is 12.5. The maximum Gasteiger partial charge on any atom is 0.317 e. The number of nitrogens with one attached hydrogen (secondary N) is 1. The van der Waals surface area contributed by atoms with Crippen molar-refractivity contribution in [2.75, 3.05) is 13.1 Å². The highest BCUT2D eigenvalue weighted by Gasteiger charge is 2.28. The van der Waals surface area contributed by atoms with Crippen molar-refractivity contribution in [3.05, 3.63) is 34.9 Å². The summed E-state index contributed by atoms with van der Waals surface area (Å²) in [5, 5.41) is 11.5. The molecule has 126 valence electrons. The van der Waals surface area contributed by atoms with E-state index in [9.17, 15) is 9.59 Å². The lowest BCUT2D eigenvalue weighted by atomic mass is 9.90. The number of amides is 2. The molecule has 1 atom stereocenters. The fourth-order valence-electron chi connectivity index (χ4n) is 3.17. The summed E-state index contributed by atoms with van der Waals surface area (Å²) >= 11 is 0. The predicted octanol–water partition coefficient (Wildman–Crippen LogP) is 3.40. The fourth-order valence-corrected chi connectivity index (χ4v) is 3.17. The summed E-state index contributed by atoms with van der Waals surface area (Å²) in [5.41, 5.74) is 3.73. The van der Waals surface area contributed by atoms with Gasteiger partial charge in [0.25, 0.3) is 0 Å². The average Bonchev–Trinajstić information content (AvgIpc) is 2.54. The minimum atomic E-state index is -0.828. The van der Waals surface area contributed by atoms with Gasteiger partial charge < -0.3 is 15.3 Å². The van der Waals surface area contributed by atoms with Gasteiger partial charge in [-0.3, -0.25) is 4.79 Å². The maximum atomic E-state index is 12.5. The smallest absolute Gasteiger partial charge is 0.317 e. The Labute approximate surface area is 137 Å². The van der Waals surface area contributed by atoms with Gasteiger partial charge >= 0.3 is 12.0 Å². The van der Waals surface area contributed by atoms with Crippen molar-refractivity contribution in [2.45, 2.75) is 52.0 Å². The molecule has 0 bridgehead atoms. The van der Waals surface area contributed by atoms with Crippen LogP contribution in [0.3, 0.4) is 0 Å². The van der Waals surface area contributed by atoms with Crippen molar-refractivity contribution < 1.29 is 14.7 Å². The standard InChI is InChI=1S/C18H26N2O3/c1-13-7-5-8-15(14(13)2)16-9-3-4-12-20(16)18(23)19-11-6-10-17(21)22/h5,7-8,16H,3-4,6,9-12H2,1-2H3,(H,19,23)(H,21,22). The van der Waals surface area contributed by atoms with Crippen LogP contribution in [-0.2, 0) is 4.79 Å². The number of nitrogens with zero attached hydrogens (tertiary/aromatic N) is 1. The first-order chi connectivity index (χ1) is 11.0. The normalized spacial score (nSPS) is 17.8. The van der Waals surface area contributed by atoms with E-state index in [1.807, 2.05) is 4.90 Å². The zero-order chi connectivity index (χ0) is 16.8. The van der Waals surface area contributed by atoms with Crippen molar-refractivity contribution in [1.82, 2.24) is 10.2 Å². The van der Waals surface area contributed by atoms with Crippen molar-refractivity contribution in [3.63, 3.8) is 0 Å². The highest BCUT2D eigenvalue weighted by atomic mass is 16.4. The second kappa shape index (κ2) is 7.99. The van der Waals surface area contributed by atoms with Crippen LogP contribution < -0.4 is 5.32 Å². The molecule has 2 N–H and O–H groups in total. The monoisotopic (exact) mass is 318 g/mol. The largest absolute Gasteiger partial charge is 0.481 e. The highest BCUT2D eigenvalue weighted by molar-refractivity contribution is 5.75. The molecule has 2 rings (SSSR count). The number of urea groups is 1. The molecule has 23 heavy (non-hydrogen) atoms. The van der Waals surface area contributed by atoms with Gasteiger partial charge in [-0.2, -0.15) is 0 Å². The van der Waals surface area contributed by atoms with Crippen molar-refractivity contribution in [2.24, 2.45) is 0 Å². The Kier molecular flexibility index (Phi) is 6.02. The molecular weight excluding hydrogens is 292 g/mol. The molecule has 2 amide bonds. The van der Waals surface area contributed by atoms with Gasteiger partial charge in [0, 0.05) is 19.5 Å². The summed E-state index contributed by atoms with van der Waals surface area (Å²) < 4.78 is 0. The third kappa shape index (κ3) is 4.47. The number of aryl methyl sites for hydroxylation is 1. The molecule has 1 fully saturated rings. The molecule has 0 saturated carbocycles. The molecule has 0 aliphatic carbocycles. The summed E-state index contributed by atoms with van der Waals surface area (Å²) in [6.45, 7) is 5.37. The third-order valence-corrected chi connectivity index (χ3v) is 4.61. The van der Waals surface area contributed by atoms with Crippen LogP contribution >= 0.6 is 0 Å². The van der Waals surface area contributed by atoms with Gasteiger partial charge in [0.15, 0.2) is 0 Å². The molecular formula is C18H26N2O3. The lowest BCUT2D eigenvalue weighted by Gasteiger charge is -2.37. The topological polar surface area (TPSA) is 69.6 Å². The van der Waals surface area contributed by atoms with Gasteiger partial charge in [-0.15, -0.1) is 0 Å². The minimum absolute atomic E-state index is 0.0824. The first-order valence-electron chi connectivity index (χ1n) is 8.33. The minimum Gasteiger partial charge on any atom is -0.481 e. The van der Waals surface area contributed by atoms with E-state index in [-0.39, 0.29) is 18.5 Å². The van der Waals surface area contributed by atoms with E-state index in [1.165, 1.54) is 16.7 Å². The van der Waals surface area contributed by atoms with Crippen LogP contribution in [0.1, 0.15) is 54.8 Å². The van der Waals surface area contributed by atoms with E-state index in [0.29, 0.717) is 13.0 Å². The SMILES string of the molecule is Cc1cccc(C2CCCCN2C(=O)NCCCC(=O)O)c1C. The number of aliphatic carboxylic acids is 1. The van der Waals surface area contributed by atoms with Gasteiger partial charge in [0.05, 0.1) is 6.04 Å². The van der Waals surface area contributed by atoms with E-state index in [2.05, 4.69) is 37.4 Å². The lowest BCUT2D eigenvalue weighted by molar-refractivity contribution is -0.137. The first kappa shape index (κ1) is 17.3. The van der Waals surface area contributed by atoms with E-state index in [0.717, 1.165) is 25.8 Å². The number of hydrogen-bond donors (Lipinski definition) is 2. The number of carbonyl (C=O) groups is 2. The van der Waals surface area contributed by atoms with E-state index in [1.54, 1.807) is 0 Å². The Morgan fingerprint density at radius 3 is 2.83 bits per heavy atom. The second-order valence-corrected chi connectivity index (χ2v) is 6.22. The van der Waals surface area contributed by atoms with Crippen molar-refractivity contribution in [1.29, 1.82) is 0 Å². The number of hydrogen-bond acceptors (Lipinski definition) is 2. The van der Waals surface area contributed by atoms with E-state index >= 15 is 0 Å². The van der Waals surface area contributed by atoms with Crippen LogP contribution in [0.5, 0.6) is 0 Å². The molecule has 1 saturated heterocycles. The molecule has 1 aromatic carbocycles. The van der Waals surface area contributed by atoms with Crippen LogP contribution in [0.25, 0.3) is 0 Å². The second-order valence-electron chi connectivity index (χ2n) is 6.22. The van der Waals surface area contributed by atoms with E-state index < -0.39 is 5.97 Å². The summed E-state index contributed by atoms with van der Waals surface area (Å²) in [7, 11) is 0. The molecule has 5 nitrogen and oxygen atoms in total. The molecule has 0 spiro atoms. The molecule has 0 radical (unpaired) electrons. The molecule has 1 aliphatic rings. The zero-order valence-corrected chi connectivity index (χ0v) is 14.0. The Balaban J connectivity index is 2.04. The van der Waals surface area contributed by atoms with Gasteiger partial charge in [0.1, 0.15) is 0 Å². The van der Waals surface area contributed by atoms with Crippen molar-refractivity contribution >= 4 is 12.0 Å². The molecule has 0 aromatic heterocycles. The molecule has 1 unspecified atom stereocenters. The number of likely N-dealkylation sites (tertiary alicyclic amines) is 1. The Bertz CT molecular complexity index is 571. The first-order valence-corrected chi connectivity index (χ1v) is 8.33. The molecule has 1 heterocycles. The van der Waals surface area contributed by atoms with Crippen LogP contribution in [0.2, 0.25) is 0 Å². The summed E-state index contributed by atoms with van der Waals surface area (Å²) in [6.07, 6.45) is 3.67. The average molecular weight is 318 g/mol. The van der Waals surface area contributed by atoms with Gasteiger partial charge in [-0.05, 0) is 56.2 Å². The van der Waals surface area contributed by atoms with E-state index in [4.69, 9.17) is 5.11 Å². The summed E-state index contributed by atoms with van der Waals surface area (Å²) in [4.78, 5) is 24.9. The summed E-state index contributed by atoms with van der Waals surface area (Å²) in [5.74, 6) is -0.828. The predicted molar refractivity (Wildman–Crippen MR) is 89.5 cm³/mol. The third-order valence-electron chi connectivity index (χ3n) is 4.61. The Hall–Kier alpha value is -2.04. The number of rotatable bonds is 5.